The highest BCUT2D eigenvalue weighted by Gasteiger charge is 2.73. The van der Waals surface area contributed by atoms with E-state index in [1.54, 1.807) is 6.07 Å². The van der Waals surface area contributed by atoms with Crippen LogP contribution in [0.25, 0.3) is 0 Å². The van der Waals surface area contributed by atoms with Crippen molar-refractivity contribution in [1.82, 2.24) is 0 Å². The van der Waals surface area contributed by atoms with Crippen LogP contribution in [-0.4, -0.2) is 51.0 Å². The van der Waals surface area contributed by atoms with Gasteiger partial charge >= 0.3 is 11.6 Å². The Balaban J connectivity index is 1.51. The summed E-state index contributed by atoms with van der Waals surface area (Å²) in [5, 5.41) is 35.3. The van der Waals surface area contributed by atoms with Gasteiger partial charge in [0.15, 0.2) is 0 Å². The van der Waals surface area contributed by atoms with E-state index in [0.29, 0.717) is 25.7 Å². The Hall–Kier alpha value is -2.03. The molecule has 4 saturated carbocycles. The Morgan fingerprint density at radius 2 is 1.88 bits per heavy atom. The van der Waals surface area contributed by atoms with Crippen LogP contribution in [0.15, 0.2) is 27.6 Å². The molecule has 0 spiro atoms. The lowest BCUT2D eigenvalue weighted by molar-refractivity contribution is -0.272. The minimum Gasteiger partial charge on any atom is -0.462 e. The van der Waals surface area contributed by atoms with Gasteiger partial charge in [0.1, 0.15) is 12.4 Å². The number of esters is 1. The number of rotatable bonds is 3. The summed E-state index contributed by atoms with van der Waals surface area (Å²) in [6.07, 6.45) is 3.78. The highest BCUT2D eigenvalue weighted by atomic mass is 16.5. The first-order valence-electron chi connectivity index (χ1n) is 12.4. The minimum absolute atomic E-state index is 0.000387. The number of carbonyl (C=O) groups excluding carboxylic acids is 2. The first-order valence-corrected chi connectivity index (χ1v) is 12.4. The van der Waals surface area contributed by atoms with Crippen LogP contribution in [0, 0.1) is 22.7 Å². The van der Waals surface area contributed by atoms with E-state index in [2.05, 4.69) is 6.92 Å². The fraction of sp³-hybridized carbons (Fsp3) is 0.731. The van der Waals surface area contributed by atoms with Gasteiger partial charge in [-0.05, 0) is 67.9 Å². The van der Waals surface area contributed by atoms with Crippen LogP contribution >= 0.6 is 0 Å². The zero-order valence-corrected chi connectivity index (χ0v) is 19.7. The van der Waals surface area contributed by atoms with Crippen molar-refractivity contribution in [3.05, 3.63) is 34.4 Å². The summed E-state index contributed by atoms with van der Waals surface area (Å²) in [5.74, 6) is -1.13. The van der Waals surface area contributed by atoms with Crippen LogP contribution in [-0.2, 0) is 14.3 Å². The fourth-order valence-electron chi connectivity index (χ4n) is 8.67. The molecule has 8 heteroatoms. The highest BCUT2D eigenvalue weighted by Crippen LogP contribution is 2.71. The maximum atomic E-state index is 12.8. The third-order valence-electron chi connectivity index (χ3n) is 10.2. The second kappa shape index (κ2) is 7.73. The molecule has 9 atom stereocenters. The standard InChI is InChI=1S/C26H34O8/c1-15(28)34-17-11-21(29)25(14-27)19-5-8-23(2)18(16-3-4-22(30)33-13-16)7-10-26(23,32)20(19)6-9-24(25,31)12-17/h3-4,13-14,17-21,29,31-32H,5-12H2,1-2H3. The van der Waals surface area contributed by atoms with Gasteiger partial charge in [-0.25, -0.2) is 4.79 Å². The molecule has 9 unspecified atom stereocenters. The maximum Gasteiger partial charge on any atom is 0.335 e. The summed E-state index contributed by atoms with van der Waals surface area (Å²) in [6.45, 7) is 3.37. The Labute approximate surface area is 198 Å². The molecule has 0 aromatic carbocycles. The van der Waals surface area contributed by atoms with Crippen LogP contribution in [0.2, 0.25) is 0 Å². The van der Waals surface area contributed by atoms with E-state index in [1.165, 1.54) is 19.3 Å². The van der Waals surface area contributed by atoms with Gasteiger partial charge in [0.25, 0.3) is 0 Å². The lowest BCUT2D eigenvalue weighted by Crippen LogP contribution is -2.72. The van der Waals surface area contributed by atoms with E-state index < -0.39 is 45.8 Å². The average Bonchev–Trinajstić information content (AvgIpc) is 3.04. The van der Waals surface area contributed by atoms with E-state index in [0.717, 1.165) is 18.3 Å². The summed E-state index contributed by atoms with van der Waals surface area (Å²) >= 11 is 0. The van der Waals surface area contributed by atoms with Crippen molar-refractivity contribution in [2.45, 2.75) is 94.5 Å². The molecule has 3 N–H and O–H groups in total. The minimum atomic E-state index is -1.50. The molecular weight excluding hydrogens is 440 g/mol. The maximum absolute atomic E-state index is 12.8. The molecule has 1 heterocycles. The van der Waals surface area contributed by atoms with Crippen LogP contribution in [0.5, 0.6) is 0 Å². The summed E-state index contributed by atoms with van der Waals surface area (Å²) in [4.78, 5) is 35.7. The second-order valence-electron chi connectivity index (χ2n) is 11.4. The molecule has 0 bridgehead atoms. The quantitative estimate of drug-likeness (QED) is 0.448. The van der Waals surface area contributed by atoms with Crippen molar-refractivity contribution in [1.29, 1.82) is 0 Å². The molecule has 186 valence electrons. The number of ether oxygens (including phenoxy) is 1. The van der Waals surface area contributed by atoms with Crippen LogP contribution in [0.1, 0.15) is 76.7 Å². The molecule has 0 radical (unpaired) electrons. The van der Waals surface area contributed by atoms with Gasteiger partial charge in [-0.3, -0.25) is 4.79 Å². The van der Waals surface area contributed by atoms with Crippen molar-refractivity contribution >= 4 is 12.3 Å². The predicted molar refractivity (Wildman–Crippen MR) is 120 cm³/mol. The zero-order chi connectivity index (χ0) is 24.5. The van der Waals surface area contributed by atoms with Crippen molar-refractivity contribution < 1.29 is 34.1 Å². The SMILES string of the molecule is CC(=O)OC1CC(O)C2(C=O)C3CCC4(C)C(c5ccc(=O)oc5)CCC4(O)C3CCC2(O)C1. The molecular formula is C26H34O8. The summed E-state index contributed by atoms with van der Waals surface area (Å²) in [7, 11) is 0. The van der Waals surface area contributed by atoms with E-state index in [1.807, 2.05) is 0 Å². The lowest BCUT2D eigenvalue weighted by atomic mass is 9.41. The monoisotopic (exact) mass is 474 g/mol. The zero-order valence-electron chi connectivity index (χ0n) is 19.7. The van der Waals surface area contributed by atoms with Gasteiger partial charge in [-0.15, -0.1) is 0 Å². The smallest absolute Gasteiger partial charge is 0.335 e. The van der Waals surface area contributed by atoms with Crippen molar-refractivity contribution in [3.8, 4) is 0 Å². The van der Waals surface area contributed by atoms with Crippen molar-refractivity contribution in [2.75, 3.05) is 0 Å². The number of carbonyl (C=O) groups is 2. The number of fused-ring (bicyclic) bond motifs is 5. The first-order chi connectivity index (χ1) is 16.0. The Kier molecular flexibility index (Phi) is 5.39. The molecule has 1 aromatic heterocycles. The van der Waals surface area contributed by atoms with E-state index in [4.69, 9.17) is 9.15 Å². The van der Waals surface area contributed by atoms with Crippen molar-refractivity contribution in [2.24, 2.45) is 22.7 Å². The molecule has 34 heavy (non-hydrogen) atoms. The van der Waals surface area contributed by atoms with E-state index in [9.17, 15) is 29.7 Å². The molecule has 5 rings (SSSR count). The van der Waals surface area contributed by atoms with E-state index in [-0.39, 0.29) is 37.0 Å². The summed E-state index contributed by atoms with van der Waals surface area (Å²) in [5.41, 5.74) is -4.02. The third-order valence-corrected chi connectivity index (χ3v) is 10.2. The average molecular weight is 475 g/mol. The van der Waals surface area contributed by atoms with Crippen LogP contribution < -0.4 is 5.63 Å². The van der Waals surface area contributed by atoms with Gasteiger partial charge < -0.3 is 29.3 Å². The first kappa shape index (κ1) is 23.7. The molecule has 0 amide bonds. The second-order valence-corrected chi connectivity index (χ2v) is 11.4. The number of aliphatic hydroxyl groups is 3. The molecule has 4 aliphatic rings. The topological polar surface area (TPSA) is 134 Å². The van der Waals surface area contributed by atoms with Gasteiger partial charge in [-0.1, -0.05) is 6.92 Å². The third kappa shape index (κ3) is 2.97. The molecule has 1 aromatic rings. The Bertz CT molecular complexity index is 1030. The largest absolute Gasteiger partial charge is 0.462 e. The van der Waals surface area contributed by atoms with Crippen LogP contribution in [0.3, 0.4) is 0 Å². The van der Waals surface area contributed by atoms with Gasteiger partial charge in [0.05, 0.1) is 29.0 Å². The number of hydrogen-bond donors (Lipinski definition) is 3. The molecule has 0 aliphatic heterocycles. The van der Waals surface area contributed by atoms with Crippen LogP contribution in [0.4, 0.5) is 0 Å². The van der Waals surface area contributed by atoms with Gasteiger partial charge in [0.2, 0.25) is 0 Å². The number of aliphatic hydroxyl groups excluding tert-OH is 1. The lowest BCUT2D eigenvalue weighted by Gasteiger charge is -2.66. The van der Waals surface area contributed by atoms with Crippen molar-refractivity contribution in [3.63, 3.8) is 0 Å². The fourth-order valence-corrected chi connectivity index (χ4v) is 8.67. The Morgan fingerprint density at radius 3 is 2.53 bits per heavy atom. The molecule has 8 nitrogen and oxygen atoms in total. The normalized spacial score (nSPS) is 47.7. The number of hydrogen-bond acceptors (Lipinski definition) is 8. The van der Waals surface area contributed by atoms with Gasteiger partial charge in [-0.2, -0.15) is 0 Å². The van der Waals surface area contributed by atoms with E-state index >= 15 is 0 Å². The highest BCUT2D eigenvalue weighted by molar-refractivity contribution is 5.67. The Morgan fingerprint density at radius 1 is 1.15 bits per heavy atom. The summed E-state index contributed by atoms with van der Waals surface area (Å²) < 4.78 is 10.4. The molecule has 4 aliphatic carbocycles. The summed E-state index contributed by atoms with van der Waals surface area (Å²) in [6, 6.07) is 3.17. The predicted octanol–water partition coefficient (Wildman–Crippen LogP) is 2.08. The molecule has 4 fully saturated rings. The molecule has 0 saturated heterocycles. The number of aldehydes is 1. The van der Waals surface area contributed by atoms with Gasteiger partial charge in [0, 0.05) is 31.2 Å².